The average Bonchev–Trinajstić information content (AvgIpc) is 2.74. The fourth-order valence-electron chi connectivity index (χ4n) is 3.48. The first kappa shape index (κ1) is 18.3. The Morgan fingerprint density at radius 2 is 1.70 bits per heavy atom. The van der Waals surface area contributed by atoms with Gasteiger partial charge in [0, 0.05) is 18.2 Å². The van der Waals surface area contributed by atoms with Gasteiger partial charge in [0.25, 0.3) is 0 Å². The maximum absolute atomic E-state index is 6.25. The van der Waals surface area contributed by atoms with Crippen LogP contribution in [-0.4, -0.2) is 38.3 Å². The molecule has 2 heterocycles. The number of ether oxygens (including phenoxy) is 5. The Hall–Kier alpha value is -2.02. The van der Waals surface area contributed by atoms with Crippen molar-refractivity contribution in [1.29, 1.82) is 0 Å². The summed E-state index contributed by atoms with van der Waals surface area (Å²) >= 11 is 0. The number of hydrogen-bond donors (Lipinski definition) is 0. The number of rotatable bonds is 5. The lowest BCUT2D eigenvalue weighted by Crippen LogP contribution is -2.57. The van der Waals surface area contributed by atoms with Crippen molar-refractivity contribution in [1.82, 2.24) is 0 Å². The van der Waals surface area contributed by atoms with E-state index in [1.165, 1.54) is 0 Å². The molecule has 4 rings (SSSR count). The van der Waals surface area contributed by atoms with Crippen LogP contribution in [0.15, 0.2) is 72.8 Å². The summed E-state index contributed by atoms with van der Waals surface area (Å²) in [5.41, 5.74) is 2.79. The highest BCUT2D eigenvalue weighted by molar-refractivity contribution is 5.19. The second kappa shape index (κ2) is 8.33. The van der Waals surface area contributed by atoms with E-state index >= 15 is 0 Å². The van der Waals surface area contributed by atoms with Gasteiger partial charge >= 0.3 is 0 Å². The van der Waals surface area contributed by atoms with Crippen LogP contribution in [0.25, 0.3) is 0 Å². The predicted molar refractivity (Wildman–Crippen MR) is 99.8 cm³/mol. The molecule has 2 saturated heterocycles. The maximum Gasteiger partial charge on any atom is 0.184 e. The zero-order valence-corrected chi connectivity index (χ0v) is 15.3. The summed E-state index contributed by atoms with van der Waals surface area (Å²) in [6.45, 7) is 5.02. The molecule has 0 bridgehead atoms. The molecular formula is C22H24O5. The van der Waals surface area contributed by atoms with E-state index in [4.69, 9.17) is 23.7 Å². The highest BCUT2D eigenvalue weighted by Gasteiger charge is 2.47. The van der Waals surface area contributed by atoms with E-state index in [0.29, 0.717) is 13.2 Å². The van der Waals surface area contributed by atoms with Crippen molar-refractivity contribution in [3.63, 3.8) is 0 Å². The molecule has 0 spiro atoms. The predicted octanol–water partition coefficient (Wildman–Crippen LogP) is 3.61. The molecule has 2 aromatic rings. The molecule has 2 aromatic carbocycles. The number of fused-ring (bicyclic) bond motifs is 1. The molecule has 0 amide bonds. The summed E-state index contributed by atoms with van der Waals surface area (Å²) < 4.78 is 29.8. The van der Waals surface area contributed by atoms with Gasteiger partial charge in [0.15, 0.2) is 12.6 Å². The van der Waals surface area contributed by atoms with Crippen LogP contribution in [0.4, 0.5) is 0 Å². The van der Waals surface area contributed by atoms with Crippen molar-refractivity contribution in [2.45, 2.75) is 37.5 Å². The second-order valence-electron chi connectivity index (χ2n) is 6.71. The van der Waals surface area contributed by atoms with Gasteiger partial charge in [-0.05, 0) is 5.56 Å². The fraction of sp³-hybridized carbons (Fsp3) is 0.364. The van der Waals surface area contributed by atoms with Gasteiger partial charge in [-0.2, -0.15) is 0 Å². The molecule has 142 valence electrons. The normalized spacial score (nSPS) is 30.7. The van der Waals surface area contributed by atoms with E-state index in [1.54, 1.807) is 7.11 Å². The third-order valence-electron chi connectivity index (χ3n) is 4.88. The molecule has 5 atom stereocenters. The minimum absolute atomic E-state index is 0.277. The van der Waals surface area contributed by atoms with Crippen molar-refractivity contribution >= 4 is 0 Å². The summed E-state index contributed by atoms with van der Waals surface area (Å²) in [5.74, 6) is 0. The Balaban J connectivity index is 1.52. The van der Waals surface area contributed by atoms with E-state index < -0.39 is 12.6 Å². The molecule has 0 aliphatic carbocycles. The highest BCUT2D eigenvalue weighted by Crippen LogP contribution is 2.37. The smallest absolute Gasteiger partial charge is 0.184 e. The molecule has 1 unspecified atom stereocenters. The molecule has 0 aromatic heterocycles. The van der Waals surface area contributed by atoms with E-state index in [2.05, 4.69) is 6.58 Å². The molecule has 2 aliphatic heterocycles. The van der Waals surface area contributed by atoms with E-state index in [-0.39, 0.29) is 18.3 Å². The van der Waals surface area contributed by atoms with Crippen LogP contribution in [0.2, 0.25) is 0 Å². The Morgan fingerprint density at radius 3 is 2.41 bits per heavy atom. The number of benzene rings is 2. The van der Waals surface area contributed by atoms with E-state index in [9.17, 15) is 0 Å². The van der Waals surface area contributed by atoms with Crippen LogP contribution < -0.4 is 0 Å². The van der Waals surface area contributed by atoms with Gasteiger partial charge in [0.1, 0.15) is 18.3 Å². The lowest BCUT2D eigenvalue weighted by Gasteiger charge is -2.46. The summed E-state index contributed by atoms with van der Waals surface area (Å²) in [5, 5.41) is 0. The molecule has 5 heteroatoms. The van der Waals surface area contributed by atoms with Crippen molar-refractivity contribution in [2.24, 2.45) is 0 Å². The van der Waals surface area contributed by atoms with Gasteiger partial charge in [0.2, 0.25) is 0 Å². The Morgan fingerprint density at radius 1 is 1.00 bits per heavy atom. The lowest BCUT2D eigenvalue weighted by atomic mass is 9.96. The third kappa shape index (κ3) is 3.98. The lowest BCUT2D eigenvalue weighted by molar-refractivity contribution is -0.322. The van der Waals surface area contributed by atoms with Crippen LogP contribution in [0, 0.1) is 0 Å². The Bertz CT molecular complexity index is 748. The van der Waals surface area contributed by atoms with Crippen molar-refractivity contribution in [2.75, 3.05) is 13.7 Å². The van der Waals surface area contributed by atoms with Crippen LogP contribution in [0.3, 0.4) is 0 Å². The van der Waals surface area contributed by atoms with Crippen LogP contribution in [-0.2, 0) is 30.3 Å². The van der Waals surface area contributed by atoms with E-state index in [0.717, 1.165) is 16.7 Å². The third-order valence-corrected chi connectivity index (χ3v) is 4.88. The SMILES string of the molecule is C=C1[C@@H](OC)O[C@@H]2COC(c3ccccc3)O[C@H]2[C@@H]1OCc1ccccc1. The first-order chi connectivity index (χ1) is 13.3. The fourth-order valence-corrected chi connectivity index (χ4v) is 3.48. The number of hydrogen-bond acceptors (Lipinski definition) is 5. The van der Waals surface area contributed by atoms with Gasteiger partial charge in [-0.25, -0.2) is 0 Å². The first-order valence-corrected chi connectivity index (χ1v) is 9.10. The summed E-state index contributed by atoms with van der Waals surface area (Å²) in [6.07, 6.45) is -1.92. The van der Waals surface area contributed by atoms with Gasteiger partial charge in [-0.3, -0.25) is 0 Å². The van der Waals surface area contributed by atoms with Gasteiger partial charge < -0.3 is 23.7 Å². The van der Waals surface area contributed by atoms with Gasteiger partial charge in [-0.15, -0.1) is 0 Å². The zero-order valence-electron chi connectivity index (χ0n) is 15.3. The topological polar surface area (TPSA) is 46.2 Å². The highest BCUT2D eigenvalue weighted by atomic mass is 16.7. The minimum Gasteiger partial charge on any atom is -0.366 e. The van der Waals surface area contributed by atoms with Crippen molar-refractivity contribution < 1.29 is 23.7 Å². The zero-order chi connectivity index (χ0) is 18.6. The largest absolute Gasteiger partial charge is 0.366 e. The quantitative estimate of drug-likeness (QED) is 0.755. The molecule has 2 aliphatic rings. The van der Waals surface area contributed by atoms with Crippen molar-refractivity contribution in [3.8, 4) is 0 Å². The standard InChI is InChI=1S/C22H24O5/c1-15-19(24-13-16-9-5-3-6-10-16)20-18(26-21(15)23-2)14-25-22(27-20)17-11-7-4-8-12-17/h3-12,18-22H,1,13-14H2,2H3/t18-,19-,20-,21+,22?/m1/s1. The molecular weight excluding hydrogens is 344 g/mol. The molecule has 0 radical (unpaired) electrons. The average molecular weight is 368 g/mol. The minimum atomic E-state index is -0.535. The monoisotopic (exact) mass is 368 g/mol. The van der Waals surface area contributed by atoms with Crippen LogP contribution in [0.5, 0.6) is 0 Å². The van der Waals surface area contributed by atoms with E-state index in [1.807, 2.05) is 60.7 Å². The molecule has 27 heavy (non-hydrogen) atoms. The summed E-state index contributed by atoms with van der Waals surface area (Å²) in [7, 11) is 1.60. The van der Waals surface area contributed by atoms with Crippen molar-refractivity contribution in [3.05, 3.63) is 83.9 Å². The molecule has 0 saturated carbocycles. The number of methoxy groups -OCH3 is 1. The first-order valence-electron chi connectivity index (χ1n) is 9.10. The van der Waals surface area contributed by atoms with Gasteiger partial charge in [0.05, 0.1) is 13.2 Å². The Labute approximate surface area is 159 Å². The van der Waals surface area contributed by atoms with Crippen LogP contribution >= 0.6 is 0 Å². The Kier molecular flexibility index (Phi) is 5.66. The second-order valence-corrected chi connectivity index (χ2v) is 6.71. The van der Waals surface area contributed by atoms with Crippen LogP contribution in [0.1, 0.15) is 17.4 Å². The molecule has 0 N–H and O–H groups in total. The summed E-state index contributed by atoms with van der Waals surface area (Å²) in [6, 6.07) is 19.9. The summed E-state index contributed by atoms with van der Waals surface area (Å²) in [4.78, 5) is 0. The molecule has 5 nitrogen and oxygen atoms in total. The molecule has 2 fully saturated rings. The van der Waals surface area contributed by atoms with Gasteiger partial charge in [-0.1, -0.05) is 67.2 Å². The maximum atomic E-state index is 6.25.